The number of carbonyl (C=O) groups is 1. The summed E-state index contributed by atoms with van der Waals surface area (Å²) in [6.45, 7) is 1.79. The molecule has 1 aliphatic rings. The molecule has 0 saturated heterocycles. The lowest BCUT2D eigenvalue weighted by atomic mass is 10.0. The minimum Gasteiger partial charge on any atom is -0.497 e. The number of ether oxygens (including phenoxy) is 1. The maximum Gasteiger partial charge on any atom is 0.323 e. The van der Waals surface area contributed by atoms with Gasteiger partial charge in [-0.3, -0.25) is 0 Å². The van der Waals surface area contributed by atoms with E-state index in [0.29, 0.717) is 17.1 Å². The summed E-state index contributed by atoms with van der Waals surface area (Å²) in [5.74, 6) is -0.123. The molecule has 2 aromatic carbocycles. The minimum atomic E-state index is -0.471. The molecule has 6 heteroatoms. The molecule has 5 nitrogen and oxygen atoms in total. The molecular weight excluding hydrogens is 297 g/mol. The molecule has 23 heavy (non-hydrogen) atoms. The molecule has 0 spiro atoms. The number of carbonyl (C=O) groups excluding carboxylic acids is 1. The molecule has 1 heterocycles. The third kappa shape index (κ3) is 3.78. The SMILES string of the molecule is COc1cc(F)cc(NC(=O)Nc2ccc3c(c2)CCNC3)c1. The summed E-state index contributed by atoms with van der Waals surface area (Å²) in [6.07, 6.45) is 0.938. The van der Waals surface area contributed by atoms with Gasteiger partial charge in [0.2, 0.25) is 0 Å². The fourth-order valence-corrected chi connectivity index (χ4v) is 2.60. The van der Waals surface area contributed by atoms with Crippen molar-refractivity contribution in [1.82, 2.24) is 5.32 Å². The van der Waals surface area contributed by atoms with Crippen molar-refractivity contribution in [1.29, 1.82) is 0 Å². The van der Waals surface area contributed by atoms with Crippen LogP contribution < -0.4 is 20.7 Å². The first-order valence-corrected chi connectivity index (χ1v) is 7.39. The van der Waals surface area contributed by atoms with E-state index in [9.17, 15) is 9.18 Å². The Morgan fingerprint density at radius 1 is 1.13 bits per heavy atom. The summed E-state index contributed by atoms with van der Waals surface area (Å²) in [5.41, 5.74) is 3.53. The molecule has 0 bridgehead atoms. The number of fused-ring (bicyclic) bond motifs is 1. The Labute approximate surface area is 133 Å². The van der Waals surface area contributed by atoms with Gasteiger partial charge < -0.3 is 20.7 Å². The first kappa shape index (κ1) is 15.3. The Balaban J connectivity index is 1.68. The number of anilines is 2. The van der Waals surface area contributed by atoms with Gasteiger partial charge in [0.05, 0.1) is 7.11 Å². The Kier molecular flexibility index (Phi) is 4.43. The Bertz CT molecular complexity index is 734. The van der Waals surface area contributed by atoms with Gasteiger partial charge in [-0.2, -0.15) is 0 Å². The molecule has 0 fully saturated rings. The fourth-order valence-electron chi connectivity index (χ4n) is 2.60. The standard InChI is InChI=1S/C17H18FN3O2/c1-23-16-8-13(18)7-15(9-16)21-17(22)20-14-3-2-12-10-19-5-4-11(12)6-14/h2-3,6-9,19H,4-5,10H2,1H3,(H2,20,21,22). The van der Waals surface area contributed by atoms with Crippen LogP contribution in [0.5, 0.6) is 5.75 Å². The van der Waals surface area contributed by atoms with Gasteiger partial charge in [-0.25, -0.2) is 9.18 Å². The van der Waals surface area contributed by atoms with Crippen LogP contribution in [0, 0.1) is 5.82 Å². The van der Waals surface area contributed by atoms with Gasteiger partial charge in [0.15, 0.2) is 0 Å². The van der Waals surface area contributed by atoms with Crippen molar-refractivity contribution in [2.75, 3.05) is 24.3 Å². The molecular formula is C17H18FN3O2. The van der Waals surface area contributed by atoms with Gasteiger partial charge in [-0.05, 0) is 42.3 Å². The molecule has 2 aromatic rings. The molecule has 1 aliphatic heterocycles. The molecule has 0 saturated carbocycles. The number of methoxy groups -OCH3 is 1. The number of amides is 2. The molecule has 3 N–H and O–H groups in total. The summed E-state index contributed by atoms with van der Waals surface area (Å²) in [6, 6.07) is 9.45. The zero-order chi connectivity index (χ0) is 16.2. The molecule has 0 atom stereocenters. The van der Waals surface area contributed by atoms with E-state index >= 15 is 0 Å². The van der Waals surface area contributed by atoms with Crippen LogP contribution in [0.25, 0.3) is 0 Å². The lowest BCUT2D eigenvalue weighted by molar-refractivity contribution is 0.262. The normalized spacial score (nSPS) is 13.1. The third-order valence-corrected chi connectivity index (χ3v) is 3.72. The predicted octanol–water partition coefficient (Wildman–Crippen LogP) is 3.12. The summed E-state index contributed by atoms with van der Waals surface area (Å²) < 4.78 is 18.4. The van der Waals surface area contributed by atoms with E-state index in [1.54, 1.807) is 6.07 Å². The molecule has 0 unspecified atom stereocenters. The highest BCUT2D eigenvalue weighted by atomic mass is 19.1. The van der Waals surface area contributed by atoms with Crippen LogP contribution in [0.1, 0.15) is 11.1 Å². The van der Waals surface area contributed by atoms with Crippen LogP contribution in [0.3, 0.4) is 0 Å². The van der Waals surface area contributed by atoms with Crippen LogP contribution in [0.15, 0.2) is 36.4 Å². The van der Waals surface area contributed by atoms with E-state index in [2.05, 4.69) is 16.0 Å². The highest BCUT2D eigenvalue weighted by Gasteiger charge is 2.11. The number of hydrogen-bond acceptors (Lipinski definition) is 3. The topological polar surface area (TPSA) is 62.4 Å². The Morgan fingerprint density at radius 3 is 2.78 bits per heavy atom. The maximum atomic E-state index is 13.4. The zero-order valence-corrected chi connectivity index (χ0v) is 12.8. The summed E-state index contributed by atoms with van der Waals surface area (Å²) in [4.78, 5) is 12.1. The van der Waals surface area contributed by atoms with E-state index in [-0.39, 0.29) is 0 Å². The monoisotopic (exact) mass is 315 g/mol. The van der Waals surface area contributed by atoms with Gasteiger partial charge in [0.1, 0.15) is 11.6 Å². The fraction of sp³-hybridized carbons (Fsp3) is 0.235. The first-order chi connectivity index (χ1) is 11.1. The average molecular weight is 315 g/mol. The molecule has 120 valence electrons. The van der Waals surface area contributed by atoms with Crippen molar-refractivity contribution < 1.29 is 13.9 Å². The number of urea groups is 1. The van der Waals surface area contributed by atoms with Gasteiger partial charge in [0, 0.05) is 30.1 Å². The van der Waals surface area contributed by atoms with E-state index in [1.807, 2.05) is 18.2 Å². The number of rotatable bonds is 3. The van der Waals surface area contributed by atoms with Crippen LogP contribution in [0.2, 0.25) is 0 Å². The molecule has 0 radical (unpaired) electrons. The second-order valence-electron chi connectivity index (χ2n) is 5.37. The van der Waals surface area contributed by atoms with Gasteiger partial charge in [0.25, 0.3) is 0 Å². The molecule has 0 aliphatic carbocycles. The highest BCUT2D eigenvalue weighted by Crippen LogP contribution is 2.21. The number of halogens is 1. The van der Waals surface area contributed by atoms with Crippen molar-refractivity contribution in [3.8, 4) is 5.75 Å². The van der Waals surface area contributed by atoms with Crippen molar-refractivity contribution in [3.63, 3.8) is 0 Å². The van der Waals surface area contributed by atoms with Crippen LogP contribution in [0.4, 0.5) is 20.6 Å². The molecule has 2 amide bonds. The van der Waals surface area contributed by atoms with E-state index < -0.39 is 11.8 Å². The van der Waals surface area contributed by atoms with E-state index in [4.69, 9.17) is 4.74 Å². The lowest BCUT2D eigenvalue weighted by Gasteiger charge is -2.18. The molecule has 0 aromatic heterocycles. The maximum absolute atomic E-state index is 13.4. The first-order valence-electron chi connectivity index (χ1n) is 7.39. The van der Waals surface area contributed by atoms with Crippen LogP contribution >= 0.6 is 0 Å². The lowest BCUT2D eigenvalue weighted by Crippen LogP contribution is -2.24. The van der Waals surface area contributed by atoms with E-state index in [1.165, 1.54) is 30.4 Å². The largest absolute Gasteiger partial charge is 0.497 e. The number of nitrogens with one attached hydrogen (secondary N) is 3. The quantitative estimate of drug-likeness (QED) is 0.815. The second-order valence-corrected chi connectivity index (χ2v) is 5.37. The molecule has 3 rings (SSSR count). The summed E-state index contributed by atoms with van der Waals surface area (Å²) in [7, 11) is 1.45. The Morgan fingerprint density at radius 2 is 1.96 bits per heavy atom. The number of hydrogen-bond donors (Lipinski definition) is 3. The second kappa shape index (κ2) is 6.66. The van der Waals surface area contributed by atoms with Crippen molar-refractivity contribution in [3.05, 3.63) is 53.3 Å². The van der Waals surface area contributed by atoms with Crippen molar-refractivity contribution in [2.24, 2.45) is 0 Å². The summed E-state index contributed by atoms with van der Waals surface area (Å²) in [5, 5.41) is 8.67. The number of benzene rings is 2. The van der Waals surface area contributed by atoms with Gasteiger partial charge in [-0.1, -0.05) is 6.07 Å². The van der Waals surface area contributed by atoms with Crippen LogP contribution in [-0.2, 0) is 13.0 Å². The Hall–Kier alpha value is -2.60. The van der Waals surface area contributed by atoms with Crippen molar-refractivity contribution >= 4 is 17.4 Å². The minimum absolute atomic E-state index is 0.335. The van der Waals surface area contributed by atoms with E-state index in [0.717, 1.165) is 19.5 Å². The van der Waals surface area contributed by atoms with Gasteiger partial charge >= 0.3 is 6.03 Å². The zero-order valence-electron chi connectivity index (χ0n) is 12.8. The van der Waals surface area contributed by atoms with Crippen molar-refractivity contribution in [2.45, 2.75) is 13.0 Å². The van der Waals surface area contributed by atoms with Crippen LogP contribution in [-0.4, -0.2) is 19.7 Å². The predicted molar refractivity (Wildman–Crippen MR) is 87.4 cm³/mol. The average Bonchev–Trinajstić information content (AvgIpc) is 2.54. The summed E-state index contributed by atoms with van der Waals surface area (Å²) >= 11 is 0. The smallest absolute Gasteiger partial charge is 0.323 e. The third-order valence-electron chi connectivity index (χ3n) is 3.72. The van der Waals surface area contributed by atoms with Gasteiger partial charge in [-0.15, -0.1) is 0 Å². The highest BCUT2D eigenvalue weighted by molar-refractivity contribution is 5.99.